The molecule has 2 aliphatic heterocycles. The molecular formula is C32H34F3N3O4. The summed E-state index contributed by atoms with van der Waals surface area (Å²) in [7, 11) is 1.31. The molecule has 222 valence electrons. The van der Waals surface area contributed by atoms with Crippen molar-refractivity contribution in [2.24, 2.45) is 0 Å². The number of unbranched alkanes of at least 4 members (excludes halogenated alkanes) is 1. The number of rotatable bonds is 11. The van der Waals surface area contributed by atoms with E-state index in [9.17, 15) is 4.79 Å². The zero-order valence-electron chi connectivity index (χ0n) is 23.6. The first kappa shape index (κ1) is 29.3. The van der Waals surface area contributed by atoms with Gasteiger partial charge in [-0.1, -0.05) is 61.9 Å². The topological polar surface area (TPSA) is 63.3 Å². The maximum atomic E-state index is 15.0. The number of benzene rings is 3. The molecule has 0 radical (unpaired) electrons. The summed E-state index contributed by atoms with van der Waals surface area (Å²) in [5.41, 5.74) is 2.28. The number of methoxy groups -OCH3 is 1. The van der Waals surface area contributed by atoms with Gasteiger partial charge in [0.25, 0.3) is 0 Å². The number of nitrogens with zero attached hydrogens (tertiary/aromatic N) is 2. The number of carbonyl (C=O) groups is 1. The number of carbonyl (C=O) groups excluding carboxylic acids is 1. The van der Waals surface area contributed by atoms with Gasteiger partial charge in [0.15, 0.2) is 11.5 Å². The van der Waals surface area contributed by atoms with Gasteiger partial charge in [0.1, 0.15) is 11.9 Å². The Labute approximate surface area is 243 Å². The molecule has 42 heavy (non-hydrogen) atoms. The Morgan fingerprint density at radius 3 is 2.36 bits per heavy atom. The zero-order chi connectivity index (χ0) is 29.7. The van der Waals surface area contributed by atoms with Crippen molar-refractivity contribution in [3.8, 4) is 11.5 Å². The summed E-state index contributed by atoms with van der Waals surface area (Å²) < 4.78 is 60.7. The van der Waals surface area contributed by atoms with Gasteiger partial charge in [0.05, 0.1) is 18.4 Å². The second kappa shape index (κ2) is 12.8. The van der Waals surface area contributed by atoms with Crippen molar-refractivity contribution in [3.63, 3.8) is 0 Å². The van der Waals surface area contributed by atoms with Crippen molar-refractivity contribution in [2.75, 3.05) is 27.0 Å². The average molecular weight is 582 g/mol. The van der Waals surface area contributed by atoms with E-state index < -0.39 is 24.0 Å². The smallest absolute Gasteiger partial charge is 0.432 e. The molecule has 2 heterocycles. The third-order valence-corrected chi connectivity index (χ3v) is 7.40. The fourth-order valence-corrected chi connectivity index (χ4v) is 5.43. The van der Waals surface area contributed by atoms with E-state index in [-0.39, 0.29) is 25.6 Å². The molecule has 3 aromatic rings. The number of alkyl halides is 3. The van der Waals surface area contributed by atoms with E-state index in [1.54, 1.807) is 42.5 Å². The highest BCUT2D eigenvalue weighted by Crippen LogP contribution is 2.47. The molecule has 0 saturated carbocycles. The minimum Gasteiger partial charge on any atom is -0.465 e. The summed E-state index contributed by atoms with van der Waals surface area (Å²) >= 11 is 0. The van der Waals surface area contributed by atoms with Crippen LogP contribution in [0.2, 0.25) is 0 Å². The van der Waals surface area contributed by atoms with E-state index in [4.69, 9.17) is 14.2 Å². The van der Waals surface area contributed by atoms with Crippen LogP contribution in [0, 0.1) is 0 Å². The number of allylic oxidation sites excluding steroid dienone is 1. The van der Waals surface area contributed by atoms with Gasteiger partial charge in [-0.3, -0.25) is 0 Å². The maximum Gasteiger partial charge on any atom is 0.432 e. The van der Waals surface area contributed by atoms with E-state index in [0.717, 1.165) is 24.0 Å². The molecule has 0 saturated heterocycles. The van der Waals surface area contributed by atoms with E-state index in [1.807, 2.05) is 42.2 Å². The molecular weight excluding hydrogens is 547 g/mol. The second-order valence-electron chi connectivity index (χ2n) is 10.2. The number of halogens is 3. The molecule has 5 rings (SSSR count). The lowest BCUT2D eigenvalue weighted by Gasteiger charge is -2.36. The fraction of sp³-hybridized carbons (Fsp3) is 0.344. The van der Waals surface area contributed by atoms with Crippen LogP contribution in [0.4, 0.5) is 13.2 Å². The molecule has 0 amide bonds. The highest BCUT2D eigenvalue weighted by atomic mass is 19.4. The van der Waals surface area contributed by atoms with Crippen LogP contribution in [0.25, 0.3) is 0 Å². The molecule has 1 unspecified atom stereocenters. The Morgan fingerprint density at radius 1 is 0.952 bits per heavy atom. The van der Waals surface area contributed by atoms with Gasteiger partial charge in [-0.05, 0) is 47.4 Å². The quantitative estimate of drug-likeness (QED) is 0.264. The van der Waals surface area contributed by atoms with Crippen LogP contribution >= 0.6 is 0 Å². The van der Waals surface area contributed by atoms with Crippen LogP contribution in [-0.4, -0.2) is 48.9 Å². The molecule has 0 aromatic heterocycles. The van der Waals surface area contributed by atoms with Crippen LogP contribution in [-0.2, 0) is 17.8 Å². The normalized spacial score (nSPS) is 16.4. The van der Waals surface area contributed by atoms with Gasteiger partial charge >= 0.3 is 12.1 Å². The summed E-state index contributed by atoms with van der Waals surface area (Å²) in [6.07, 6.45) is -3.65. The molecule has 0 bridgehead atoms. The number of hydrogen-bond donors (Lipinski definition) is 1. The molecule has 2 aliphatic rings. The van der Waals surface area contributed by atoms with Gasteiger partial charge in [0.2, 0.25) is 6.79 Å². The van der Waals surface area contributed by atoms with Crippen molar-refractivity contribution in [1.29, 1.82) is 0 Å². The lowest BCUT2D eigenvalue weighted by Crippen LogP contribution is -2.36. The maximum absolute atomic E-state index is 15.0. The van der Waals surface area contributed by atoms with Crippen molar-refractivity contribution < 1.29 is 32.2 Å². The Balaban J connectivity index is 1.49. The van der Waals surface area contributed by atoms with Crippen LogP contribution < -0.4 is 14.8 Å². The standard InChI is InChI=1S/C32H34F3N3O4/c1-3-4-16-37-26(19-36-18-22-10-13-25(14-11-22)31(39)40-2)29(32(33,34)35)38(30(37)24-8-6-5-7-9-24)20-23-12-15-27-28(17-23)42-21-41-27/h5-15,17,30,36H,3-4,16,18-21H2,1-2H3. The molecule has 0 aliphatic carbocycles. The van der Waals surface area contributed by atoms with Gasteiger partial charge in [-0.2, -0.15) is 13.2 Å². The second-order valence-corrected chi connectivity index (χ2v) is 10.2. The van der Waals surface area contributed by atoms with Crippen molar-refractivity contribution in [1.82, 2.24) is 15.1 Å². The summed E-state index contributed by atoms with van der Waals surface area (Å²) in [4.78, 5) is 15.1. The molecule has 0 fully saturated rings. The third-order valence-electron chi connectivity index (χ3n) is 7.40. The Morgan fingerprint density at radius 2 is 1.67 bits per heavy atom. The van der Waals surface area contributed by atoms with Crippen LogP contribution in [0.15, 0.2) is 84.2 Å². The number of ether oxygens (including phenoxy) is 3. The highest BCUT2D eigenvalue weighted by Gasteiger charge is 2.50. The Hall–Kier alpha value is -4.18. The molecule has 1 N–H and O–H groups in total. The number of fused-ring (bicyclic) bond motifs is 1. The van der Waals surface area contributed by atoms with E-state index in [1.165, 1.54) is 12.0 Å². The molecule has 10 heteroatoms. The van der Waals surface area contributed by atoms with E-state index in [2.05, 4.69) is 5.32 Å². The molecule has 3 aromatic carbocycles. The van der Waals surface area contributed by atoms with E-state index in [0.29, 0.717) is 35.7 Å². The first-order valence-electron chi connectivity index (χ1n) is 13.9. The predicted octanol–water partition coefficient (Wildman–Crippen LogP) is 6.38. The predicted molar refractivity (Wildman–Crippen MR) is 151 cm³/mol. The van der Waals surface area contributed by atoms with Crippen LogP contribution in [0.3, 0.4) is 0 Å². The van der Waals surface area contributed by atoms with Crippen LogP contribution in [0.1, 0.15) is 53.0 Å². The van der Waals surface area contributed by atoms with Crippen molar-refractivity contribution in [3.05, 3.63) is 106 Å². The summed E-state index contributed by atoms with van der Waals surface area (Å²) in [5, 5.41) is 3.23. The van der Waals surface area contributed by atoms with Crippen molar-refractivity contribution in [2.45, 2.75) is 45.2 Å². The Kier molecular flexibility index (Phi) is 8.91. The van der Waals surface area contributed by atoms with Gasteiger partial charge < -0.3 is 29.3 Å². The largest absolute Gasteiger partial charge is 0.465 e. The number of hydrogen-bond acceptors (Lipinski definition) is 7. The first-order valence-corrected chi connectivity index (χ1v) is 13.9. The SMILES string of the molecule is CCCCN1C(CNCc2ccc(C(=O)OC)cc2)=C(C(F)(F)F)N(Cc2ccc3c(c2)OCO3)C1c1ccccc1. The van der Waals surface area contributed by atoms with Crippen molar-refractivity contribution >= 4 is 5.97 Å². The number of esters is 1. The van der Waals surface area contributed by atoms with Crippen LogP contribution in [0.5, 0.6) is 11.5 Å². The monoisotopic (exact) mass is 581 g/mol. The zero-order valence-corrected chi connectivity index (χ0v) is 23.6. The van der Waals surface area contributed by atoms with Gasteiger partial charge in [0, 0.05) is 26.2 Å². The minimum absolute atomic E-state index is 0.0122. The first-order chi connectivity index (χ1) is 20.3. The summed E-state index contributed by atoms with van der Waals surface area (Å²) in [6.45, 7) is 2.97. The highest BCUT2D eigenvalue weighted by molar-refractivity contribution is 5.89. The molecule has 7 nitrogen and oxygen atoms in total. The van der Waals surface area contributed by atoms with Gasteiger partial charge in [-0.15, -0.1) is 0 Å². The Bertz CT molecular complexity index is 1410. The molecule has 0 spiro atoms. The minimum atomic E-state index is -4.59. The lowest BCUT2D eigenvalue weighted by molar-refractivity contribution is -0.114. The fourth-order valence-electron chi connectivity index (χ4n) is 5.43. The van der Waals surface area contributed by atoms with E-state index >= 15 is 13.2 Å². The average Bonchev–Trinajstić information content (AvgIpc) is 3.58. The number of nitrogens with one attached hydrogen (secondary N) is 1. The van der Waals surface area contributed by atoms with Gasteiger partial charge in [-0.25, -0.2) is 4.79 Å². The third kappa shape index (κ3) is 6.33. The summed E-state index contributed by atoms with van der Waals surface area (Å²) in [6, 6.07) is 21.4. The lowest BCUT2D eigenvalue weighted by atomic mass is 10.1. The summed E-state index contributed by atoms with van der Waals surface area (Å²) in [5.74, 6) is 0.672. The molecule has 1 atom stereocenters.